The predicted octanol–water partition coefficient (Wildman–Crippen LogP) is 1.81. The third-order valence-electron chi connectivity index (χ3n) is 5.11. The zero-order valence-corrected chi connectivity index (χ0v) is 21.0. The molecular weight excluding hydrogens is 531 g/mol. The fourth-order valence-corrected chi connectivity index (χ4v) is 3.54. The average Bonchev–Trinajstić information content (AvgIpc) is 3.41. The minimum Gasteiger partial charge on any atom is -0.463 e. The van der Waals surface area contributed by atoms with Crippen molar-refractivity contribution in [2.24, 2.45) is 0 Å². The fraction of sp³-hybridized carbons (Fsp3) is 0.417. The monoisotopic (exact) mass is 553 g/mol. The smallest absolute Gasteiger partial charge is 0.416 e. The van der Waals surface area contributed by atoms with E-state index in [2.05, 4.69) is 21.9 Å². The molecule has 0 bridgehead atoms. The molecule has 2 heterocycles. The molecule has 1 fully saturated rings. The van der Waals surface area contributed by atoms with E-state index in [0.29, 0.717) is 0 Å². The first kappa shape index (κ1) is 29.1. The van der Waals surface area contributed by atoms with Crippen LogP contribution in [-0.2, 0) is 44.2 Å². The molecule has 39 heavy (non-hydrogen) atoms. The van der Waals surface area contributed by atoms with E-state index in [9.17, 15) is 32.3 Å². The van der Waals surface area contributed by atoms with Crippen LogP contribution >= 0.6 is 0 Å². The lowest BCUT2D eigenvalue weighted by Crippen LogP contribution is -2.41. The first-order valence-electron chi connectivity index (χ1n) is 11.2. The van der Waals surface area contributed by atoms with Crippen LogP contribution in [0.4, 0.5) is 13.2 Å². The maximum absolute atomic E-state index is 12.8. The number of benzene rings is 1. The molecule has 15 heteroatoms. The van der Waals surface area contributed by atoms with E-state index >= 15 is 0 Å². The Morgan fingerprint density at radius 1 is 0.974 bits per heavy atom. The van der Waals surface area contributed by atoms with Gasteiger partial charge in [0.1, 0.15) is 12.7 Å². The molecule has 2 aromatic rings. The van der Waals surface area contributed by atoms with Gasteiger partial charge in [-0.05, 0) is 30.2 Å². The van der Waals surface area contributed by atoms with Crippen LogP contribution in [0, 0.1) is 11.8 Å². The highest BCUT2D eigenvalue weighted by Crippen LogP contribution is 2.35. The van der Waals surface area contributed by atoms with Crippen molar-refractivity contribution in [1.29, 1.82) is 0 Å². The van der Waals surface area contributed by atoms with Crippen LogP contribution in [0.15, 0.2) is 24.3 Å². The lowest BCUT2D eigenvalue weighted by Gasteiger charge is -2.23. The molecule has 1 saturated heterocycles. The Balaban J connectivity index is 2.02. The van der Waals surface area contributed by atoms with E-state index in [0.717, 1.165) is 56.8 Å². The number of ether oxygens (including phenoxy) is 5. The van der Waals surface area contributed by atoms with E-state index in [1.807, 2.05) is 0 Å². The zero-order valence-electron chi connectivity index (χ0n) is 21.0. The van der Waals surface area contributed by atoms with Crippen molar-refractivity contribution in [3.63, 3.8) is 0 Å². The van der Waals surface area contributed by atoms with Gasteiger partial charge in [-0.25, -0.2) is 9.48 Å². The fourth-order valence-electron chi connectivity index (χ4n) is 3.54. The van der Waals surface area contributed by atoms with Crippen LogP contribution in [-0.4, -0.2) is 70.7 Å². The molecule has 1 aliphatic heterocycles. The summed E-state index contributed by atoms with van der Waals surface area (Å²) in [5.74, 6) is 1.23. The predicted molar refractivity (Wildman–Crippen MR) is 120 cm³/mol. The molecule has 1 aliphatic rings. The molecular formula is C24H22F3N3O9. The Kier molecular flexibility index (Phi) is 8.92. The van der Waals surface area contributed by atoms with Crippen molar-refractivity contribution in [3.05, 3.63) is 47.0 Å². The number of nitrogens with zero attached hydrogens (tertiary/aromatic N) is 3. The molecule has 3 rings (SSSR count). The summed E-state index contributed by atoms with van der Waals surface area (Å²) in [7, 11) is 1.07. The summed E-state index contributed by atoms with van der Waals surface area (Å²) in [5.41, 5.74) is -0.658. The maximum atomic E-state index is 12.8. The Morgan fingerprint density at radius 3 is 2.13 bits per heavy atom. The van der Waals surface area contributed by atoms with E-state index < -0.39 is 72.6 Å². The highest BCUT2D eigenvalue weighted by Gasteiger charge is 2.52. The average molecular weight is 553 g/mol. The van der Waals surface area contributed by atoms with Crippen LogP contribution in [0.2, 0.25) is 0 Å². The molecule has 0 aliphatic carbocycles. The topological polar surface area (TPSA) is 145 Å². The van der Waals surface area contributed by atoms with Crippen molar-refractivity contribution < 1.29 is 56.0 Å². The summed E-state index contributed by atoms with van der Waals surface area (Å²) in [6, 6.07) is 4.00. The van der Waals surface area contributed by atoms with Crippen LogP contribution in [0.1, 0.15) is 54.6 Å². The Labute approximate surface area is 219 Å². The number of carbonyl (C=O) groups excluding carboxylic acids is 4. The minimum atomic E-state index is -4.52. The molecule has 0 saturated carbocycles. The van der Waals surface area contributed by atoms with Crippen molar-refractivity contribution in [1.82, 2.24) is 14.8 Å². The van der Waals surface area contributed by atoms with Gasteiger partial charge in [0, 0.05) is 26.3 Å². The van der Waals surface area contributed by atoms with Crippen LogP contribution < -0.4 is 0 Å². The molecule has 1 aromatic heterocycles. The van der Waals surface area contributed by atoms with Gasteiger partial charge in [0.2, 0.25) is 11.6 Å². The summed E-state index contributed by atoms with van der Waals surface area (Å²) in [4.78, 5) is 51.5. The highest BCUT2D eigenvalue weighted by atomic mass is 19.4. The van der Waals surface area contributed by atoms with Gasteiger partial charge in [-0.15, -0.1) is 5.10 Å². The lowest BCUT2D eigenvalue weighted by atomic mass is 10.1. The second-order valence-electron chi connectivity index (χ2n) is 8.04. The largest absolute Gasteiger partial charge is 0.463 e. The van der Waals surface area contributed by atoms with Crippen LogP contribution in [0.3, 0.4) is 0 Å². The molecule has 12 nitrogen and oxygen atoms in total. The molecule has 0 unspecified atom stereocenters. The summed E-state index contributed by atoms with van der Waals surface area (Å²) in [5, 5.41) is 4.12. The molecule has 0 N–H and O–H groups in total. The van der Waals surface area contributed by atoms with E-state index in [1.54, 1.807) is 0 Å². The normalized spacial score (nSPS) is 20.4. The number of carbonyl (C=O) groups is 4. The number of hydrogen-bond acceptors (Lipinski definition) is 11. The number of esters is 4. The molecule has 4 atom stereocenters. The first-order chi connectivity index (χ1) is 18.3. The SMILES string of the molecule is COC(=O)c1nc(C#Cc2ccc(C(F)(F)F)cc2)nn1[C@@H]1O[C@H](COC(C)=O)[C@@H](OC(C)=O)[C@H]1OC(C)=O. The Bertz CT molecular complexity index is 1310. The highest BCUT2D eigenvalue weighted by molar-refractivity contribution is 5.85. The standard InChI is InChI=1S/C24H22F3N3O9/c1-12(31)36-11-17-19(37-13(2)32)20(38-14(3)33)22(39-17)30-21(23(34)35-4)28-18(29-30)10-7-15-5-8-16(9-6-15)24(25,26)27/h5-6,8-9,17,19-20,22H,11H2,1-4H3/t17-,19-,20-,22-/m1/s1. The maximum Gasteiger partial charge on any atom is 0.416 e. The van der Waals surface area contributed by atoms with Crippen LogP contribution in [0.5, 0.6) is 0 Å². The summed E-state index contributed by atoms with van der Waals surface area (Å²) >= 11 is 0. The van der Waals surface area contributed by atoms with Crippen molar-refractivity contribution in [2.45, 2.75) is 51.5 Å². The second kappa shape index (κ2) is 11.9. The molecule has 208 valence electrons. The van der Waals surface area contributed by atoms with E-state index in [1.165, 1.54) is 0 Å². The minimum absolute atomic E-state index is 0.199. The third kappa shape index (κ3) is 7.32. The van der Waals surface area contributed by atoms with E-state index in [-0.39, 0.29) is 11.4 Å². The van der Waals surface area contributed by atoms with Gasteiger partial charge >= 0.3 is 30.1 Å². The van der Waals surface area contributed by atoms with Gasteiger partial charge in [0.25, 0.3) is 0 Å². The molecule has 0 radical (unpaired) electrons. The number of rotatable bonds is 6. The second-order valence-corrected chi connectivity index (χ2v) is 8.04. The van der Waals surface area contributed by atoms with Gasteiger partial charge in [-0.2, -0.15) is 18.2 Å². The number of hydrogen-bond donors (Lipinski definition) is 0. The van der Waals surface area contributed by atoms with Crippen molar-refractivity contribution in [3.8, 4) is 11.8 Å². The summed E-state index contributed by atoms with van der Waals surface area (Å²) in [6.45, 7) is 2.94. The quantitative estimate of drug-likeness (QED) is 0.293. The number of aromatic nitrogens is 3. The van der Waals surface area contributed by atoms with Gasteiger partial charge in [-0.3, -0.25) is 14.4 Å². The van der Waals surface area contributed by atoms with Gasteiger partial charge in [-0.1, -0.05) is 5.92 Å². The van der Waals surface area contributed by atoms with Crippen LogP contribution in [0.25, 0.3) is 0 Å². The molecule has 1 aromatic carbocycles. The summed E-state index contributed by atoms with van der Waals surface area (Å²) < 4.78 is 65.5. The van der Waals surface area contributed by atoms with Gasteiger partial charge in [0.15, 0.2) is 18.4 Å². The Hall–Kier alpha value is -4.45. The number of methoxy groups -OCH3 is 1. The van der Waals surface area contributed by atoms with Crippen molar-refractivity contribution >= 4 is 23.9 Å². The lowest BCUT2D eigenvalue weighted by molar-refractivity contribution is -0.166. The van der Waals surface area contributed by atoms with Gasteiger partial charge in [0.05, 0.1) is 12.7 Å². The van der Waals surface area contributed by atoms with Crippen molar-refractivity contribution in [2.75, 3.05) is 13.7 Å². The Morgan fingerprint density at radius 2 is 1.59 bits per heavy atom. The third-order valence-corrected chi connectivity index (χ3v) is 5.11. The first-order valence-corrected chi connectivity index (χ1v) is 11.2. The number of halogens is 3. The van der Waals surface area contributed by atoms with Gasteiger partial charge < -0.3 is 23.7 Å². The molecule has 0 amide bonds. The summed E-state index contributed by atoms with van der Waals surface area (Å²) in [6.07, 6.45) is -9.70. The number of alkyl halides is 3. The van der Waals surface area contributed by atoms with E-state index in [4.69, 9.17) is 23.7 Å². The molecule has 0 spiro atoms. The zero-order chi connectivity index (χ0) is 28.9.